The van der Waals surface area contributed by atoms with Gasteiger partial charge in [0, 0.05) is 25.5 Å². The molecule has 1 aromatic carbocycles. The maximum absolute atomic E-state index is 13.0. The second kappa shape index (κ2) is 8.89. The van der Waals surface area contributed by atoms with Gasteiger partial charge in [0.05, 0.1) is 0 Å². The molecule has 0 saturated heterocycles. The van der Waals surface area contributed by atoms with Crippen LogP contribution < -0.4 is 5.56 Å². The quantitative estimate of drug-likeness (QED) is 0.700. The number of nitrogens with one attached hydrogen (secondary N) is 1. The van der Waals surface area contributed by atoms with Crippen molar-refractivity contribution in [2.75, 3.05) is 6.54 Å². The Morgan fingerprint density at radius 1 is 1.07 bits per heavy atom. The standard InChI is InChI=1S/C21H22N4O2/c1-2-3-13-25(15-16-9-5-4-6-10-16)21(27)17-14-23-19(24-20(17)26)18-11-7-8-12-22-18/h4-12,14H,2-3,13,15H2,1H3,(H,23,24,26). The molecule has 0 unspecified atom stereocenters. The molecular formula is C21H22N4O2. The van der Waals surface area contributed by atoms with Crippen molar-refractivity contribution in [1.82, 2.24) is 19.9 Å². The van der Waals surface area contributed by atoms with Crippen LogP contribution in [0.5, 0.6) is 0 Å². The molecule has 138 valence electrons. The molecule has 6 heteroatoms. The van der Waals surface area contributed by atoms with Crippen molar-refractivity contribution in [2.24, 2.45) is 0 Å². The smallest absolute Gasteiger partial charge is 0.264 e. The third kappa shape index (κ3) is 4.67. The topological polar surface area (TPSA) is 79.0 Å². The Bertz CT molecular complexity index is 939. The molecule has 0 aliphatic heterocycles. The number of carbonyl (C=O) groups is 1. The Morgan fingerprint density at radius 2 is 1.85 bits per heavy atom. The molecule has 6 nitrogen and oxygen atoms in total. The van der Waals surface area contributed by atoms with Crippen LogP contribution in [0.4, 0.5) is 0 Å². The number of H-pyrrole nitrogens is 1. The lowest BCUT2D eigenvalue weighted by molar-refractivity contribution is 0.0738. The van der Waals surface area contributed by atoms with Crippen molar-refractivity contribution in [3.8, 4) is 11.5 Å². The van der Waals surface area contributed by atoms with Gasteiger partial charge in [-0.15, -0.1) is 0 Å². The number of hydrogen-bond donors (Lipinski definition) is 1. The average Bonchev–Trinajstić information content (AvgIpc) is 2.72. The van der Waals surface area contributed by atoms with E-state index in [1.54, 1.807) is 23.2 Å². The van der Waals surface area contributed by atoms with Gasteiger partial charge in [0.25, 0.3) is 11.5 Å². The summed E-state index contributed by atoms with van der Waals surface area (Å²) < 4.78 is 0. The Morgan fingerprint density at radius 3 is 2.52 bits per heavy atom. The summed E-state index contributed by atoms with van der Waals surface area (Å²) in [6, 6.07) is 15.1. The monoisotopic (exact) mass is 362 g/mol. The number of pyridine rings is 1. The highest BCUT2D eigenvalue weighted by atomic mass is 16.2. The van der Waals surface area contributed by atoms with E-state index in [1.165, 1.54) is 6.20 Å². The molecule has 0 fully saturated rings. The zero-order valence-electron chi connectivity index (χ0n) is 15.3. The van der Waals surface area contributed by atoms with Crippen LogP contribution in [0.3, 0.4) is 0 Å². The molecule has 0 bridgehead atoms. The van der Waals surface area contributed by atoms with Crippen LogP contribution >= 0.6 is 0 Å². The van der Waals surface area contributed by atoms with Crippen molar-refractivity contribution < 1.29 is 4.79 Å². The van der Waals surface area contributed by atoms with Crippen molar-refractivity contribution in [3.05, 3.63) is 82.4 Å². The van der Waals surface area contributed by atoms with Crippen LogP contribution in [0, 0.1) is 0 Å². The van der Waals surface area contributed by atoms with Crippen LogP contribution in [0.25, 0.3) is 11.5 Å². The number of carbonyl (C=O) groups excluding carboxylic acids is 1. The van der Waals surface area contributed by atoms with E-state index in [-0.39, 0.29) is 11.5 Å². The molecule has 0 aliphatic rings. The number of aromatic nitrogens is 3. The summed E-state index contributed by atoms with van der Waals surface area (Å²) in [6.45, 7) is 3.12. The summed E-state index contributed by atoms with van der Waals surface area (Å²) in [5, 5.41) is 0. The number of hydrogen-bond acceptors (Lipinski definition) is 4. The first-order valence-electron chi connectivity index (χ1n) is 9.03. The lowest BCUT2D eigenvalue weighted by Crippen LogP contribution is -2.35. The highest BCUT2D eigenvalue weighted by Crippen LogP contribution is 2.11. The predicted octanol–water partition coefficient (Wildman–Crippen LogP) is 3.27. The lowest BCUT2D eigenvalue weighted by Gasteiger charge is -2.22. The molecule has 2 aromatic heterocycles. The predicted molar refractivity (Wildman–Crippen MR) is 104 cm³/mol. The summed E-state index contributed by atoms with van der Waals surface area (Å²) in [4.78, 5) is 38.3. The molecule has 0 saturated carbocycles. The fourth-order valence-corrected chi connectivity index (χ4v) is 2.76. The number of amides is 1. The SMILES string of the molecule is CCCCN(Cc1ccccc1)C(=O)c1cnc(-c2ccccn2)[nH]c1=O. The number of benzene rings is 1. The Balaban J connectivity index is 1.85. The molecule has 0 atom stereocenters. The van der Waals surface area contributed by atoms with E-state index >= 15 is 0 Å². The minimum absolute atomic E-state index is 0.0433. The van der Waals surface area contributed by atoms with E-state index < -0.39 is 5.56 Å². The summed E-state index contributed by atoms with van der Waals surface area (Å²) in [5.74, 6) is 0.0361. The molecular weight excluding hydrogens is 340 g/mol. The minimum atomic E-state index is -0.454. The van der Waals surface area contributed by atoms with Crippen LogP contribution in [0.1, 0.15) is 35.7 Å². The van der Waals surface area contributed by atoms with Gasteiger partial charge in [-0.05, 0) is 24.1 Å². The second-order valence-corrected chi connectivity index (χ2v) is 6.26. The average molecular weight is 362 g/mol. The van der Waals surface area contributed by atoms with Gasteiger partial charge in [0.2, 0.25) is 0 Å². The van der Waals surface area contributed by atoms with E-state index in [2.05, 4.69) is 21.9 Å². The molecule has 3 aromatic rings. The van der Waals surface area contributed by atoms with Gasteiger partial charge in [-0.1, -0.05) is 49.7 Å². The van der Waals surface area contributed by atoms with E-state index in [0.29, 0.717) is 24.6 Å². The van der Waals surface area contributed by atoms with Crippen molar-refractivity contribution in [3.63, 3.8) is 0 Å². The summed E-state index contributed by atoms with van der Waals surface area (Å²) >= 11 is 0. The largest absolute Gasteiger partial charge is 0.334 e. The van der Waals surface area contributed by atoms with E-state index in [4.69, 9.17) is 0 Å². The molecule has 3 rings (SSSR count). The number of unbranched alkanes of at least 4 members (excludes halogenated alkanes) is 1. The Labute approximate surface area is 157 Å². The van der Waals surface area contributed by atoms with Gasteiger partial charge < -0.3 is 9.88 Å². The summed E-state index contributed by atoms with van der Waals surface area (Å²) in [5.41, 5.74) is 1.17. The Hall–Kier alpha value is -3.28. The third-order valence-corrected chi connectivity index (χ3v) is 4.22. The first-order valence-corrected chi connectivity index (χ1v) is 9.03. The third-order valence-electron chi connectivity index (χ3n) is 4.22. The maximum Gasteiger partial charge on any atom is 0.264 e. The number of rotatable bonds is 7. The lowest BCUT2D eigenvalue weighted by atomic mass is 10.1. The van der Waals surface area contributed by atoms with Crippen LogP contribution in [-0.4, -0.2) is 32.3 Å². The minimum Gasteiger partial charge on any atom is -0.334 e. The number of aromatic amines is 1. The molecule has 0 radical (unpaired) electrons. The second-order valence-electron chi connectivity index (χ2n) is 6.26. The molecule has 0 aliphatic carbocycles. The van der Waals surface area contributed by atoms with Crippen LogP contribution in [0.15, 0.2) is 65.7 Å². The van der Waals surface area contributed by atoms with Gasteiger partial charge in [-0.25, -0.2) is 4.98 Å². The van der Waals surface area contributed by atoms with Gasteiger partial charge in [0.15, 0.2) is 5.82 Å². The zero-order valence-corrected chi connectivity index (χ0v) is 15.3. The highest BCUT2D eigenvalue weighted by molar-refractivity contribution is 5.93. The van der Waals surface area contributed by atoms with Crippen molar-refractivity contribution >= 4 is 5.91 Å². The molecule has 1 amide bonds. The van der Waals surface area contributed by atoms with Gasteiger partial charge in [0.1, 0.15) is 11.3 Å². The normalized spacial score (nSPS) is 10.6. The first kappa shape index (κ1) is 18.5. The summed E-state index contributed by atoms with van der Waals surface area (Å²) in [6.07, 6.45) is 4.80. The molecule has 0 spiro atoms. The Kier molecular flexibility index (Phi) is 6.10. The summed E-state index contributed by atoms with van der Waals surface area (Å²) in [7, 11) is 0. The van der Waals surface area contributed by atoms with Crippen molar-refractivity contribution in [1.29, 1.82) is 0 Å². The van der Waals surface area contributed by atoms with E-state index in [0.717, 1.165) is 18.4 Å². The van der Waals surface area contributed by atoms with Crippen LogP contribution in [0.2, 0.25) is 0 Å². The highest BCUT2D eigenvalue weighted by Gasteiger charge is 2.20. The molecule has 27 heavy (non-hydrogen) atoms. The van der Waals surface area contributed by atoms with Gasteiger partial charge >= 0.3 is 0 Å². The fraction of sp³-hybridized carbons (Fsp3) is 0.238. The zero-order chi connectivity index (χ0) is 19.1. The van der Waals surface area contributed by atoms with E-state index in [1.807, 2.05) is 36.4 Å². The molecule has 2 heterocycles. The van der Waals surface area contributed by atoms with Gasteiger partial charge in [-0.2, -0.15) is 0 Å². The fourth-order valence-electron chi connectivity index (χ4n) is 2.76. The van der Waals surface area contributed by atoms with Crippen molar-refractivity contribution in [2.45, 2.75) is 26.3 Å². The molecule has 1 N–H and O–H groups in total. The first-order chi connectivity index (χ1) is 13.2. The number of nitrogens with zero attached hydrogens (tertiary/aromatic N) is 3. The van der Waals surface area contributed by atoms with E-state index in [9.17, 15) is 9.59 Å². The van der Waals surface area contributed by atoms with Gasteiger partial charge in [-0.3, -0.25) is 14.6 Å². The maximum atomic E-state index is 13.0. The van der Waals surface area contributed by atoms with Crippen LogP contribution in [-0.2, 0) is 6.54 Å².